The predicted octanol–water partition coefficient (Wildman–Crippen LogP) is 3.68. The van der Waals surface area contributed by atoms with Gasteiger partial charge in [-0.2, -0.15) is 5.10 Å². The van der Waals surface area contributed by atoms with Gasteiger partial charge in [-0.25, -0.2) is 0 Å². The minimum absolute atomic E-state index is 0.246. The molecule has 0 aliphatic carbocycles. The summed E-state index contributed by atoms with van der Waals surface area (Å²) in [6.45, 7) is 2.07. The summed E-state index contributed by atoms with van der Waals surface area (Å²) in [5, 5.41) is 8.49. The molecule has 2 aromatic rings. The largest absolute Gasteiger partial charge is 0.170 e. The highest BCUT2D eigenvalue weighted by molar-refractivity contribution is 6.41. The van der Waals surface area contributed by atoms with Crippen LogP contribution >= 0.6 is 23.2 Å². The molecule has 1 aromatic heterocycles. The molecule has 0 radical (unpaired) electrons. The van der Waals surface area contributed by atoms with Crippen molar-refractivity contribution in [3.63, 3.8) is 0 Å². The van der Waals surface area contributed by atoms with Crippen molar-refractivity contribution < 1.29 is 0 Å². The van der Waals surface area contributed by atoms with Crippen LogP contribution in [0.2, 0.25) is 10.2 Å². The van der Waals surface area contributed by atoms with E-state index in [0.29, 0.717) is 5.02 Å². The summed E-state index contributed by atoms with van der Waals surface area (Å²) in [5.41, 5.74) is 3.27. The first-order valence-electron chi connectivity index (χ1n) is 4.89. The van der Waals surface area contributed by atoms with Gasteiger partial charge in [0, 0.05) is 6.42 Å². The lowest BCUT2D eigenvalue weighted by Crippen LogP contribution is -1.97. The molecule has 16 heavy (non-hydrogen) atoms. The van der Waals surface area contributed by atoms with Crippen molar-refractivity contribution in [2.75, 3.05) is 0 Å². The lowest BCUT2D eigenvalue weighted by atomic mass is 10.0. The van der Waals surface area contributed by atoms with Crippen molar-refractivity contribution in [1.29, 1.82) is 0 Å². The number of halogens is 2. The van der Waals surface area contributed by atoms with E-state index < -0.39 is 0 Å². The molecule has 2 rings (SSSR count). The Morgan fingerprint density at radius 2 is 1.88 bits per heavy atom. The quantitative estimate of drug-likeness (QED) is 0.815. The molecule has 82 valence electrons. The van der Waals surface area contributed by atoms with Crippen LogP contribution in [0.1, 0.15) is 16.8 Å². The first-order chi connectivity index (χ1) is 7.66. The molecular formula is C12H10Cl2N2. The van der Waals surface area contributed by atoms with Crippen LogP contribution in [0.3, 0.4) is 0 Å². The summed E-state index contributed by atoms with van der Waals surface area (Å²) >= 11 is 11.6. The van der Waals surface area contributed by atoms with E-state index >= 15 is 0 Å². The number of aryl methyl sites for hydroxylation is 1. The van der Waals surface area contributed by atoms with Crippen LogP contribution in [0.15, 0.2) is 30.3 Å². The summed E-state index contributed by atoms with van der Waals surface area (Å²) in [6.07, 6.45) is 0.719. The molecule has 0 spiro atoms. The SMILES string of the molecule is Cc1ccccc1Cc1cc(Cl)c(Cl)nn1. The molecule has 0 aliphatic rings. The highest BCUT2D eigenvalue weighted by Crippen LogP contribution is 2.20. The van der Waals surface area contributed by atoms with Gasteiger partial charge in [0.1, 0.15) is 0 Å². The molecule has 2 nitrogen and oxygen atoms in total. The van der Waals surface area contributed by atoms with Gasteiger partial charge in [-0.1, -0.05) is 47.5 Å². The molecule has 1 heterocycles. The molecule has 0 atom stereocenters. The normalized spacial score (nSPS) is 10.4. The average Bonchev–Trinajstić information content (AvgIpc) is 2.27. The monoisotopic (exact) mass is 252 g/mol. The van der Waals surface area contributed by atoms with Crippen LogP contribution in [-0.2, 0) is 6.42 Å². The van der Waals surface area contributed by atoms with Gasteiger partial charge in [-0.05, 0) is 24.1 Å². The standard InChI is InChI=1S/C12H10Cl2N2/c1-8-4-2-3-5-9(8)6-10-7-11(13)12(14)16-15-10/h2-5,7H,6H2,1H3. The Kier molecular flexibility index (Phi) is 3.42. The Bertz CT molecular complexity index is 512. The Labute approximate surface area is 104 Å². The zero-order valence-corrected chi connectivity index (χ0v) is 10.3. The van der Waals surface area contributed by atoms with Gasteiger partial charge >= 0.3 is 0 Å². The van der Waals surface area contributed by atoms with Crippen molar-refractivity contribution >= 4 is 23.2 Å². The van der Waals surface area contributed by atoms with E-state index in [1.54, 1.807) is 6.07 Å². The average molecular weight is 253 g/mol. The van der Waals surface area contributed by atoms with Gasteiger partial charge in [0.05, 0.1) is 10.7 Å². The summed E-state index contributed by atoms with van der Waals surface area (Å²) in [5.74, 6) is 0. The summed E-state index contributed by atoms with van der Waals surface area (Å²) in [7, 11) is 0. The van der Waals surface area contributed by atoms with Crippen molar-refractivity contribution in [2.24, 2.45) is 0 Å². The Hall–Kier alpha value is -1.12. The summed E-state index contributed by atoms with van der Waals surface area (Å²) in [6, 6.07) is 9.91. The third kappa shape index (κ3) is 2.52. The molecule has 0 aliphatic heterocycles. The van der Waals surface area contributed by atoms with Crippen molar-refractivity contribution in [3.8, 4) is 0 Å². The van der Waals surface area contributed by atoms with E-state index in [1.807, 2.05) is 12.1 Å². The lowest BCUT2D eigenvalue weighted by molar-refractivity contribution is 0.933. The highest BCUT2D eigenvalue weighted by atomic mass is 35.5. The molecule has 0 saturated heterocycles. The van der Waals surface area contributed by atoms with E-state index in [9.17, 15) is 0 Å². The van der Waals surface area contributed by atoms with Gasteiger partial charge < -0.3 is 0 Å². The van der Waals surface area contributed by atoms with E-state index in [4.69, 9.17) is 23.2 Å². The molecule has 0 N–H and O–H groups in total. The second-order valence-corrected chi connectivity index (χ2v) is 4.34. The maximum absolute atomic E-state index is 5.89. The van der Waals surface area contributed by atoms with Crippen LogP contribution in [0.4, 0.5) is 0 Å². The van der Waals surface area contributed by atoms with E-state index in [0.717, 1.165) is 12.1 Å². The maximum Gasteiger partial charge on any atom is 0.170 e. The zero-order valence-electron chi connectivity index (χ0n) is 8.74. The Balaban J connectivity index is 2.28. The Morgan fingerprint density at radius 3 is 2.56 bits per heavy atom. The van der Waals surface area contributed by atoms with Gasteiger partial charge in [0.25, 0.3) is 0 Å². The number of benzene rings is 1. The molecule has 0 amide bonds. The van der Waals surface area contributed by atoms with Gasteiger partial charge in [-0.15, -0.1) is 5.10 Å². The number of hydrogen-bond donors (Lipinski definition) is 0. The first kappa shape index (κ1) is 11.4. The molecule has 0 fully saturated rings. The first-order valence-corrected chi connectivity index (χ1v) is 5.64. The molecule has 0 unspecified atom stereocenters. The van der Waals surface area contributed by atoms with Crippen molar-refractivity contribution in [3.05, 3.63) is 57.3 Å². The summed E-state index contributed by atoms with van der Waals surface area (Å²) < 4.78 is 0. The maximum atomic E-state index is 5.89. The minimum Gasteiger partial charge on any atom is -0.154 e. The van der Waals surface area contributed by atoms with Crippen LogP contribution in [0, 0.1) is 6.92 Å². The number of hydrogen-bond acceptors (Lipinski definition) is 2. The van der Waals surface area contributed by atoms with Crippen LogP contribution in [0.5, 0.6) is 0 Å². The number of aromatic nitrogens is 2. The van der Waals surface area contributed by atoms with Gasteiger partial charge in [-0.3, -0.25) is 0 Å². The fourth-order valence-corrected chi connectivity index (χ4v) is 1.74. The van der Waals surface area contributed by atoms with Crippen LogP contribution in [-0.4, -0.2) is 10.2 Å². The summed E-state index contributed by atoms with van der Waals surface area (Å²) in [4.78, 5) is 0. The molecule has 0 bridgehead atoms. The smallest absolute Gasteiger partial charge is 0.154 e. The zero-order chi connectivity index (χ0) is 11.5. The van der Waals surface area contributed by atoms with Gasteiger partial charge in [0.2, 0.25) is 0 Å². The third-order valence-electron chi connectivity index (χ3n) is 2.39. The number of nitrogens with zero attached hydrogens (tertiary/aromatic N) is 2. The van der Waals surface area contributed by atoms with Crippen molar-refractivity contribution in [1.82, 2.24) is 10.2 Å². The molecular weight excluding hydrogens is 243 g/mol. The minimum atomic E-state index is 0.246. The second kappa shape index (κ2) is 4.81. The molecule has 4 heteroatoms. The highest BCUT2D eigenvalue weighted by Gasteiger charge is 2.05. The number of rotatable bonds is 2. The topological polar surface area (TPSA) is 25.8 Å². The van der Waals surface area contributed by atoms with Crippen LogP contribution in [0.25, 0.3) is 0 Å². The molecule has 0 saturated carbocycles. The van der Waals surface area contributed by atoms with Gasteiger partial charge in [0.15, 0.2) is 5.15 Å². The third-order valence-corrected chi connectivity index (χ3v) is 3.05. The van der Waals surface area contributed by atoms with E-state index in [2.05, 4.69) is 29.3 Å². The van der Waals surface area contributed by atoms with E-state index in [1.165, 1.54) is 11.1 Å². The van der Waals surface area contributed by atoms with Crippen molar-refractivity contribution in [2.45, 2.75) is 13.3 Å². The fourth-order valence-electron chi connectivity index (χ4n) is 1.48. The van der Waals surface area contributed by atoms with E-state index in [-0.39, 0.29) is 5.15 Å². The Morgan fingerprint density at radius 1 is 1.12 bits per heavy atom. The van der Waals surface area contributed by atoms with Crippen LogP contribution < -0.4 is 0 Å². The molecule has 1 aromatic carbocycles. The predicted molar refractivity (Wildman–Crippen MR) is 66.0 cm³/mol. The lowest BCUT2D eigenvalue weighted by Gasteiger charge is -2.04. The fraction of sp³-hybridized carbons (Fsp3) is 0.167. The second-order valence-electron chi connectivity index (χ2n) is 3.58.